The topological polar surface area (TPSA) is 83.7 Å². The minimum Gasteiger partial charge on any atom is -0.492 e. The van der Waals surface area contributed by atoms with Gasteiger partial charge in [0, 0.05) is 17.8 Å². The fourth-order valence-corrected chi connectivity index (χ4v) is 1.36. The van der Waals surface area contributed by atoms with Crippen LogP contribution in [-0.4, -0.2) is 27.5 Å². The van der Waals surface area contributed by atoms with E-state index in [9.17, 15) is 15.0 Å². The van der Waals surface area contributed by atoms with E-state index in [1.54, 1.807) is 12.1 Å². The predicted molar refractivity (Wildman–Crippen MR) is 64.3 cm³/mol. The van der Waals surface area contributed by atoms with E-state index in [1.807, 2.05) is 18.2 Å². The van der Waals surface area contributed by atoms with E-state index in [0.29, 0.717) is 4.73 Å². The van der Waals surface area contributed by atoms with Gasteiger partial charge in [0.15, 0.2) is 0 Å². The molecule has 0 unspecified atom stereocenters. The quantitative estimate of drug-likeness (QED) is 0.750. The lowest BCUT2D eigenvalue weighted by Crippen LogP contribution is -2.25. The zero-order valence-electron chi connectivity index (χ0n) is 9.41. The van der Waals surface area contributed by atoms with E-state index in [1.165, 1.54) is 12.1 Å². The van der Waals surface area contributed by atoms with E-state index >= 15 is 0 Å². The Bertz CT molecular complexity index is 517. The summed E-state index contributed by atoms with van der Waals surface area (Å²) >= 11 is 0. The number of anilines is 1. The average molecular weight is 248 g/mol. The van der Waals surface area contributed by atoms with Crippen molar-refractivity contribution in [1.82, 2.24) is 4.73 Å². The fraction of sp³-hybridized carbons (Fsp3) is 0.0833. The Morgan fingerprint density at radius 3 is 2.33 bits per heavy atom. The Morgan fingerprint density at radius 1 is 1.11 bits per heavy atom. The summed E-state index contributed by atoms with van der Waals surface area (Å²) < 4.78 is 0.648. The minimum atomic E-state index is -0.638. The zero-order valence-corrected chi connectivity index (χ0v) is 9.41. The number of hydrogen-bond donors (Lipinski definition) is 3. The number of carbonyl (C=O) groups is 1. The maximum absolute atomic E-state index is 11.5. The maximum Gasteiger partial charge on any atom is 0.352 e. The molecule has 2 aromatic rings. The summed E-state index contributed by atoms with van der Waals surface area (Å²) in [6.07, 6.45) is 0. The van der Waals surface area contributed by atoms with Crippen molar-refractivity contribution in [3.05, 3.63) is 42.5 Å². The van der Waals surface area contributed by atoms with Crippen molar-refractivity contribution >= 4 is 11.7 Å². The second kappa shape index (κ2) is 5.13. The zero-order chi connectivity index (χ0) is 13.0. The molecule has 0 saturated carbocycles. The van der Waals surface area contributed by atoms with Crippen LogP contribution >= 0.6 is 0 Å². The van der Waals surface area contributed by atoms with Crippen molar-refractivity contribution in [3.8, 4) is 11.8 Å². The molecule has 1 aromatic carbocycles. The van der Waals surface area contributed by atoms with Gasteiger partial charge < -0.3 is 20.4 Å². The molecule has 0 fully saturated rings. The third-order valence-corrected chi connectivity index (χ3v) is 2.20. The molecule has 0 atom stereocenters. The highest BCUT2D eigenvalue weighted by Gasteiger charge is 2.11. The van der Waals surface area contributed by atoms with Gasteiger partial charge in [0.25, 0.3) is 0 Å². The summed E-state index contributed by atoms with van der Waals surface area (Å²) in [5, 5.41) is 21.4. The van der Waals surface area contributed by atoms with Crippen LogP contribution in [0.4, 0.5) is 5.69 Å². The van der Waals surface area contributed by atoms with Gasteiger partial charge in [-0.25, -0.2) is 4.79 Å². The Kier molecular flexibility index (Phi) is 3.38. The van der Waals surface area contributed by atoms with E-state index in [4.69, 9.17) is 4.84 Å². The molecule has 18 heavy (non-hydrogen) atoms. The van der Waals surface area contributed by atoms with Crippen molar-refractivity contribution in [2.75, 3.05) is 11.9 Å². The Balaban J connectivity index is 1.90. The molecule has 2 rings (SSSR count). The molecular formula is C12H12N2O4. The van der Waals surface area contributed by atoms with Gasteiger partial charge in [0.1, 0.15) is 6.54 Å². The van der Waals surface area contributed by atoms with Crippen LogP contribution in [0.1, 0.15) is 0 Å². The molecule has 0 aliphatic rings. The second-order valence-electron chi connectivity index (χ2n) is 3.53. The summed E-state index contributed by atoms with van der Waals surface area (Å²) in [6, 6.07) is 11.6. The Morgan fingerprint density at radius 2 is 1.72 bits per heavy atom. The van der Waals surface area contributed by atoms with Gasteiger partial charge in [-0.15, -0.1) is 4.73 Å². The number of nitrogens with one attached hydrogen (secondary N) is 1. The molecular weight excluding hydrogens is 236 g/mol. The lowest BCUT2D eigenvalue weighted by atomic mass is 10.3. The van der Waals surface area contributed by atoms with Crippen LogP contribution < -0.4 is 10.2 Å². The highest BCUT2D eigenvalue weighted by Crippen LogP contribution is 2.18. The van der Waals surface area contributed by atoms with Gasteiger partial charge in [-0.3, -0.25) is 0 Å². The van der Waals surface area contributed by atoms with Crippen LogP contribution in [0.5, 0.6) is 11.8 Å². The third kappa shape index (κ3) is 2.73. The molecule has 1 heterocycles. The average Bonchev–Trinajstić information content (AvgIpc) is 2.69. The van der Waals surface area contributed by atoms with Gasteiger partial charge in [0.05, 0.1) is 0 Å². The normalized spacial score (nSPS) is 10.0. The summed E-state index contributed by atoms with van der Waals surface area (Å²) in [4.78, 5) is 16.2. The number of hydrogen-bond acceptors (Lipinski definition) is 5. The van der Waals surface area contributed by atoms with Crippen molar-refractivity contribution in [3.63, 3.8) is 0 Å². The fourth-order valence-electron chi connectivity index (χ4n) is 1.36. The first-order valence-electron chi connectivity index (χ1n) is 5.26. The largest absolute Gasteiger partial charge is 0.492 e. The molecule has 1 aromatic heterocycles. The molecule has 0 aliphatic carbocycles. The number of para-hydroxylation sites is 1. The molecule has 94 valence electrons. The summed E-state index contributed by atoms with van der Waals surface area (Å²) in [5.41, 5.74) is 0.774. The second-order valence-corrected chi connectivity index (χ2v) is 3.53. The van der Waals surface area contributed by atoms with Crippen LogP contribution in [-0.2, 0) is 4.79 Å². The number of benzene rings is 1. The highest BCUT2D eigenvalue weighted by atomic mass is 16.7. The Labute approximate surface area is 103 Å². The molecule has 3 N–H and O–H groups in total. The molecule has 6 nitrogen and oxygen atoms in total. The molecule has 6 heteroatoms. The SMILES string of the molecule is O=C(CNc1ccccc1)On1c(O)ccc1O. The number of aromatic hydroxyl groups is 2. The van der Waals surface area contributed by atoms with Crippen molar-refractivity contribution in [1.29, 1.82) is 0 Å². The van der Waals surface area contributed by atoms with Crippen molar-refractivity contribution in [2.24, 2.45) is 0 Å². The first-order valence-corrected chi connectivity index (χ1v) is 5.26. The summed E-state index contributed by atoms with van der Waals surface area (Å²) in [6.45, 7) is -0.0823. The van der Waals surface area contributed by atoms with Crippen molar-refractivity contribution in [2.45, 2.75) is 0 Å². The number of carbonyl (C=O) groups excluding carboxylic acids is 1. The summed E-state index contributed by atoms with van der Waals surface area (Å²) in [5.74, 6) is -1.33. The first-order chi connectivity index (χ1) is 8.66. The van der Waals surface area contributed by atoms with Crippen LogP contribution in [0.2, 0.25) is 0 Å². The van der Waals surface area contributed by atoms with Gasteiger partial charge in [0.2, 0.25) is 11.8 Å². The molecule has 0 spiro atoms. The molecule has 0 radical (unpaired) electrons. The highest BCUT2D eigenvalue weighted by molar-refractivity contribution is 5.75. The minimum absolute atomic E-state index is 0.0823. The van der Waals surface area contributed by atoms with Crippen molar-refractivity contribution < 1.29 is 19.8 Å². The summed E-state index contributed by atoms with van der Waals surface area (Å²) in [7, 11) is 0. The number of nitrogens with zero attached hydrogens (tertiary/aromatic N) is 1. The molecule has 0 saturated heterocycles. The van der Waals surface area contributed by atoms with Gasteiger partial charge in [-0.05, 0) is 12.1 Å². The van der Waals surface area contributed by atoms with Crippen LogP contribution in [0.3, 0.4) is 0 Å². The molecule has 0 bridgehead atoms. The van der Waals surface area contributed by atoms with Crippen LogP contribution in [0.25, 0.3) is 0 Å². The first kappa shape index (κ1) is 11.8. The van der Waals surface area contributed by atoms with Gasteiger partial charge >= 0.3 is 5.97 Å². The van der Waals surface area contributed by atoms with Crippen LogP contribution in [0.15, 0.2) is 42.5 Å². The number of aromatic nitrogens is 1. The molecule has 0 aliphatic heterocycles. The standard InChI is InChI=1S/C12H12N2O4/c15-10-6-7-11(16)14(10)18-12(17)8-13-9-4-2-1-3-5-9/h1-7,13,15-16H,8H2. The lowest BCUT2D eigenvalue weighted by Gasteiger charge is -2.08. The van der Waals surface area contributed by atoms with Crippen LogP contribution in [0, 0.1) is 0 Å². The van der Waals surface area contributed by atoms with E-state index in [2.05, 4.69) is 5.32 Å². The smallest absolute Gasteiger partial charge is 0.352 e. The number of rotatable bonds is 4. The van der Waals surface area contributed by atoms with E-state index in [0.717, 1.165) is 5.69 Å². The maximum atomic E-state index is 11.5. The third-order valence-electron chi connectivity index (χ3n) is 2.20. The van der Waals surface area contributed by atoms with E-state index < -0.39 is 5.97 Å². The van der Waals surface area contributed by atoms with Gasteiger partial charge in [-0.1, -0.05) is 18.2 Å². The van der Waals surface area contributed by atoms with E-state index in [-0.39, 0.29) is 18.3 Å². The monoisotopic (exact) mass is 248 g/mol. The predicted octanol–water partition coefficient (Wildman–Crippen LogP) is 0.967. The van der Waals surface area contributed by atoms with Gasteiger partial charge in [-0.2, -0.15) is 0 Å². The lowest BCUT2D eigenvalue weighted by molar-refractivity contribution is -0.143. The molecule has 0 amide bonds. The Hall–Kier alpha value is -2.63.